The number of rotatable bonds is 4. The summed E-state index contributed by atoms with van der Waals surface area (Å²) in [4.78, 5) is 12.2. The highest BCUT2D eigenvalue weighted by atomic mass is 32.2. The van der Waals surface area contributed by atoms with E-state index >= 15 is 0 Å². The molecule has 1 atom stereocenters. The van der Waals surface area contributed by atoms with Crippen molar-refractivity contribution in [2.24, 2.45) is 0 Å². The minimum Gasteiger partial charge on any atom is -0.397 e. The Hall–Kier alpha value is -2.21. The van der Waals surface area contributed by atoms with Gasteiger partial charge in [0, 0.05) is 4.90 Å². The van der Waals surface area contributed by atoms with Crippen LogP contribution in [0.3, 0.4) is 0 Å². The molecule has 6 heteroatoms. The molecule has 0 aliphatic rings. The van der Waals surface area contributed by atoms with Gasteiger partial charge in [-0.15, -0.1) is 0 Å². The van der Waals surface area contributed by atoms with Crippen molar-refractivity contribution in [1.29, 1.82) is 0 Å². The number of benzene rings is 2. The average Bonchev–Trinajstić information content (AvgIpc) is 2.42. The quantitative estimate of drug-likeness (QED) is 0.848. The molecular weight excluding hydrogens is 279 g/mol. The van der Waals surface area contributed by atoms with E-state index < -0.39 is 22.5 Å². The lowest BCUT2D eigenvalue weighted by molar-refractivity contribution is -0.113. The lowest BCUT2D eigenvalue weighted by atomic mass is 10.3. The summed E-state index contributed by atoms with van der Waals surface area (Å²) in [6.07, 6.45) is 0. The van der Waals surface area contributed by atoms with Crippen LogP contribution in [0.2, 0.25) is 0 Å². The molecule has 0 saturated carbocycles. The van der Waals surface area contributed by atoms with E-state index in [1.807, 2.05) is 0 Å². The first-order valence-corrected chi connectivity index (χ1v) is 7.16. The second kappa shape index (κ2) is 6.29. The third-order valence-electron chi connectivity index (χ3n) is 2.57. The van der Waals surface area contributed by atoms with Crippen molar-refractivity contribution in [1.82, 2.24) is 0 Å². The standard InChI is InChI=1S/C14H13FN2O2S/c15-10-5-7-11(8-6-10)20(19)9-14(18)17-13-4-2-1-3-12(13)16/h1-8H,9,16H2,(H,17,18). The van der Waals surface area contributed by atoms with Crippen LogP contribution in [-0.2, 0) is 15.6 Å². The highest BCUT2D eigenvalue weighted by Crippen LogP contribution is 2.17. The van der Waals surface area contributed by atoms with E-state index in [0.29, 0.717) is 16.3 Å². The van der Waals surface area contributed by atoms with Gasteiger partial charge in [-0.2, -0.15) is 0 Å². The Labute approximate surface area is 118 Å². The van der Waals surface area contributed by atoms with Crippen LogP contribution in [0.1, 0.15) is 0 Å². The fourth-order valence-corrected chi connectivity index (χ4v) is 2.50. The number of amides is 1. The molecule has 0 aliphatic heterocycles. The van der Waals surface area contributed by atoms with Crippen LogP contribution in [0.5, 0.6) is 0 Å². The molecule has 4 nitrogen and oxygen atoms in total. The monoisotopic (exact) mass is 292 g/mol. The normalized spacial score (nSPS) is 11.8. The van der Waals surface area contributed by atoms with Gasteiger partial charge in [-0.1, -0.05) is 12.1 Å². The Kier molecular flexibility index (Phi) is 4.47. The van der Waals surface area contributed by atoms with Gasteiger partial charge in [0.15, 0.2) is 0 Å². The average molecular weight is 292 g/mol. The van der Waals surface area contributed by atoms with Crippen LogP contribution in [0.4, 0.5) is 15.8 Å². The number of nitrogen functional groups attached to an aromatic ring is 1. The molecule has 0 aliphatic carbocycles. The highest BCUT2D eigenvalue weighted by molar-refractivity contribution is 7.85. The van der Waals surface area contributed by atoms with Crippen molar-refractivity contribution in [3.05, 3.63) is 54.3 Å². The Morgan fingerprint density at radius 1 is 1.15 bits per heavy atom. The first kappa shape index (κ1) is 14.2. The molecule has 0 spiro atoms. The molecule has 0 radical (unpaired) electrons. The molecule has 0 bridgehead atoms. The Bertz CT molecular complexity index is 644. The molecule has 0 fully saturated rings. The second-order valence-corrected chi connectivity index (χ2v) is 5.53. The van der Waals surface area contributed by atoms with Gasteiger partial charge in [0.2, 0.25) is 5.91 Å². The van der Waals surface area contributed by atoms with Gasteiger partial charge < -0.3 is 11.1 Å². The second-order valence-electron chi connectivity index (χ2n) is 4.08. The van der Waals surface area contributed by atoms with Gasteiger partial charge >= 0.3 is 0 Å². The number of halogens is 1. The van der Waals surface area contributed by atoms with Crippen LogP contribution in [0.25, 0.3) is 0 Å². The van der Waals surface area contributed by atoms with E-state index in [2.05, 4.69) is 5.32 Å². The summed E-state index contributed by atoms with van der Waals surface area (Å²) in [6.45, 7) is 0. The molecule has 2 rings (SSSR count). The molecule has 1 unspecified atom stereocenters. The van der Waals surface area contributed by atoms with Gasteiger partial charge in [0.05, 0.1) is 22.2 Å². The summed E-state index contributed by atoms with van der Waals surface area (Å²) in [5.41, 5.74) is 6.61. The van der Waals surface area contributed by atoms with Gasteiger partial charge in [-0.05, 0) is 36.4 Å². The summed E-state index contributed by atoms with van der Waals surface area (Å²) in [5.74, 6) is -1.03. The first-order valence-electron chi connectivity index (χ1n) is 5.84. The highest BCUT2D eigenvalue weighted by Gasteiger charge is 2.11. The van der Waals surface area contributed by atoms with Crippen molar-refractivity contribution < 1.29 is 13.4 Å². The van der Waals surface area contributed by atoms with Gasteiger partial charge in [0.25, 0.3) is 0 Å². The SMILES string of the molecule is Nc1ccccc1NC(=O)CS(=O)c1ccc(F)cc1. The largest absolute Gasteiger partial charge is 0.397 e. The smallest absolute Gasteiger partial charge is 0.237 e. The predicted molar refractivity (Wildman–Crippen MR) is 77.2 cm³/mol. The number of carbonyl (C=O) groups is 1. The first-order chi connectivity index (χ1) is 9.56. The molecule has 104 valence electrons. The number of hydrogen-bond acceptors (Lipinski definition) is 3. The van der Waals surface area contributed by atoms with Gasteiger partial charge in [-0.3, -0.25) is 9.00 Å². The molecule has 3 N–H and O–H groups in total. The van der Waals surface area contributed by atoms with Crippen molar-refractivity contribution >= 4 is 28.1 Å². The minimum atomic E-state index is -1.52. The maximum Gasteiger partial charge on any atom is 0.237 e. The zero-order valence-electron chi connectivity index (χ0n) is 10.5. The summed E-state index contributed by atoms with van der Waals surface area (Å²) < 4.78 is 24.7. The van der Waals surface area contributed by atoms with E-state index in [1.165, 1.54) is 24.3 Å². The minimum absolute atomic E-state index is 0.208. The molecular formula is C14H13FN2O2S. The maximum absolute atomic E-state index is 12.8. The lowest BCUT2D eigenvalue weighted by Crippen LogP contribution is -2.20. The van der Waals surface area contributed by atoms with Gasteiger partial charge in [-0.25, -0.2) is 4.39 Å². The van der Waals surface area contributed by atoms with Gasteiger partial charge in [0.1, 0.15) is 11.6 Å². The number of para-hydroxylation sites is 2. The zero-order valence-corrected chi connectivity index (χ0v) is 11.3. The molecule has 1 amide bonds. The van der Waals surface area contributed by atoms with Crippen LogP contribution >= 0.6 is 0 Å². The van der Waals surface area contributed by atoms with Crippen LogP contribution in [-0.4, -0.2) is 15.9 Å². The summed E-state index contributed by atoms with van der Waals surface area (Å²) >= 11 is 0. The summed E-state index contributed by atoms with van der Waals surface area (Å²) in [7, 11) is -1.52. The van der Waals surface area contributed by atoms with E-state index in [4.69, 9.17) is 5.73 Å². The molecule has 0 heterocycles. The fourth-order valence-electron chi connectivity index (χ4n) is 1.59. The van der Waals surface area contributed by atoms with E-state index in [1.54, 1.807) is 24.3 Å². The fraction of sp³-hybridized carbons (Fsp3) is 0.0714. The Morgan fingerprint density at radius 2 is 1.80 bits per heavy atom. The number of anilines is 2. The Balaban J connectivity index is 2.00. The van der Waals surface area contributed by atoms with Crippen molar-refractivity contribution in [2.45, 2.75) is 4.90 Å². The van der Waals surface area contributed by atoms with E-state index in [9.17, 15) is 13.4 Å². The predicted octanol–water partition coefficient (Wildman–Crippen LogP) is 2.15. The number of nitrogens with two attached hydrogens (primary N) is 1. The maximum atomic E-state index is 12.8. The zero-order chi connectivity index (χ0) is 14.5. The third kappa shape index (κ3) is 3.64. The third-order valence-corrected chi connectivity index (χ3v) is 3.90. The van der Waals surface area contributed by atoms with E-state index in [-0.39, 0.29) is 5.75 Å². The number of nitrogens with one attached hydrogen (secondary N) is 1. The van der Waals surface area contributed by atoms with Crippen molar-refractivity contribution in [3.8, 4) is 0 Å². The summed E-state index contributed by atoms with van der Waals surface area (Å²) in [5, 5.41) is 2.59. The summed E-state index contributed by atoms with van der Waals surface area (Å²) in [6, 6.07) is 12.0. The topological polar surface area (TPSA) is 72.2 Å². The Morgan fingerprint density at radius 3 is 2.45 bits per heavy atom. The van der Waals surface area contributed by atoms with Crippen molar-refractivity contribution in [2.75, 3.05) is 16.8 Å². The molecule has 2 aromatic rings. The molecule has 0 aromatic heterocycles. The van der Waals surface area contributed by atoms with E-state index in [0.717, 1.165) is 0 Å². The number of hydrogen-bond donors (Lipinski definition) is 2. The molecule has 0 saturated heterocycles. The molecule has 2 aromatic carbocycles. The van der Waals surface area contributed by atoms with Crippen LogP contribution in [0.15, 0.2) is 53.4 Å². The van der Waals surface area contributed by atoms with Crippen LogP contribution < -0.4 is 11.1 Å². The van der Waals surface area contributed by atoms with Crippen molar-refractivity contribution in [3.63, 3.8) is 0 Å². The number of carbonyl (C=O) groups excluding carboxylic acids is 1. The lowest BCUT2D eigenvalue weighted by Gasteiger charge is -2.07. The van der Waals surface area contributed by atoms with Crippen LogP contribution in [0, 0.1) is 5.82 Å². The molecule has 20 heavy (non-hydrogen) atoms.